The van der Waals surface area contributed by atoms with Crippen molar-refractivity contribution in [3.63, 3.8) is 0 Å². The fourth-order valence-corrected chi connectivity index (χ4v) is 2.49. The molecule has 0 aliphatic carbocycles. The van der Waals surface area contributed by atoms with E-state index < -0.39 is 0 Å². The van der Waals surface area contributed by atoms with Gasteiger partial charge in [0.15, 0.2) is 0 Å². The van der Waals surface area contributed by atoms with Crippen LogP contribution in [0, 0.1) is 0 Å². The predicted octanol–water partition coefficient (Wildman–Crippen LogP) is 3.62. The van der Waals surface area contributed by atoms with Gasteiger partial charge in [0.2, 0.25) is 0 Å². The Kier molecular flexibility index (Phi) is 2.56. The quantitative estimate of drug-likeness (QED) is 0.786. The van der Waals surface area contributed by atoms with Crippen LogP contribution in [0.5, 0.6) is 0 Å². The summed E-state index contributed by atoms with van der Waals surface area (Å²) in [5.74, 6) is 1.12. The molecule has 1 heterocycles. The molecule has 86 valence electrons. The molecule has 1 aliphatic heterocycles. The fourth-order valence-electron chi connectivity index (χ4n) is 2.49. The molecule has 0 bridgehead atoms. The third kappa shape index (κ3) is 1.80. The monoisotopic (exact) mass is 224 g/mol. The lowest BCUT2D eigenvalue weighted by atomic mass is 9.96. The number of amidine groups is 1. The second-order valence-electron chi connectivity index (χ2n) is 4.36. The van der Waals surface area contributed by atoms with Gasteiger partial charge in [-0.3, -0.25) is 4.99 Å². The number of aryl methyl sites for hydroxylation is 1. The van der Waals surface area contributed by atoms with Gasteiger partial charge in [0.1, 0.15) is 5.84 Å². The molecular weight excluding hydrogens is 208 g/mol. The molecular formula is C15H16N2. The number of nitrogens with zero attached hydrogens (tertiary/aromatic N) is 1. The van der Waals surface area contributed by atoms with E-state index >= 15 is 0 Å². The number of benzene rings is 2. The number of rotatable bonds is 1. The van der Waals surface area contributed by atoms with Gasteiger partial charge < -0.3 is 5.32 Å². The Morgan fingerprint density at radius 1 is 1.12 bits per heavy atom. The summed E-state index contributed by atoms with van der Waals surface area (Å²) in [5.41, 5.74) is 2.65. The largest absolute Gasteiger partial charge is 0.344 e. The van der Waals surface area contributed by atoms with Crippen LogP contribution in [0.1, 0.15) is 18.9 Å². The molecule has 17 heavy (non-hydrogen) atoms. The van der Waals surface area contributed by atoms with E-state index in [4.69, 9.17) is 0 Å². The molecule has 1 N–H and O–H groups in total. The van der Waals surface area contributed by atoms with E-state index in [-0.39, 0.29) is 0 Å². The lowest BCUT2D eigenvalue weighted by Gasteiger charge is -2.21. The number of hydrogen-bond acceptors (Lipinski definition) is 1. The van der Waals surface area contributed by atoms with Gasteiger partial charge in [0.05, 0.1) is 0 Å². The van der Waals surface area contributed by atoms with E-state index in [9.17, 15) is 0 Å². The van der Waals surface area contributed by atoms with Crippen LogP contribution in [0.15, 0.2) is 41.4 Å². The summed E-state index contributed by atoms with van der Waals surface area (Å²) in [4.78, 5) is 4.47. The van der Waals surface area contributed by atoms with Gasteiger partial charge in [0, 0.05) is 18.7 Å². The molecule has 3 rings (SSSR count). The smallest absolute Gasteiger partial charge is 0.101 e. The van der Waals surface area contributed by atoms with Gasteiger partial charge in [-0.25, -0.2) is 0 Å². The highest BCUT2D eigenvalue weighted by Crippen LogP contribution is 2.30. The fraction of sp³-hybridized carbons (Fsp3) is 0.267. The normalized spacial score (nSPS) is 16.9. The maximum absolute atomic E-state index is 4.47. The van der Waals surface area contributed by atoms with E-state index in [1.54, 1.807) is 0 Å². The van der Waals surface area contributed by atoms with Gasteiger partial charge in [-0.2, -0.15) is 0 Å². The average Bonchev–Trinajstić information content (AvgIpc) is 2.39. The second-order valence-corrected chi connectivity index (χ2v) is 4.36. The van der Waals surface area contributed by atoms with Crippen molar-refractivity contribution in [2.75, 3.05) is 11.9 Å². The highest BCUT2D eigenvalue weighted by atomic mass is 15.0. The molecule has 0 spiro atoms. The lowest BCUT2D eigenvalue weighted by Crippen LogP contribution is -2.20. The molecule has 0 aromatic heterocycles. The van der Waals surface area contributed by atoms with Crippen LogP contribution < -0.4 is 5.32 Å². The van der Waals surface area contributed by atoms with Crippen molar-refractivity contribution in [2.24, 2.45) is 4.99 Å². The van der Waals surface area contributed by atoms with Crippen LogP contribution in [0.4, 0.5) is 5.69 Å². The minimum atomic E-state index is 0.852. The molecule has 2 heteroatoms. The van der Waals surface area contributed by atoms with Gasteiger partial charge in [0.25, 0.3) is 0 Å². The number of anilines is 1. The second kappa shape index (κ2) is 4.21. The van der Waals surface area contributed by atoms with Gasteiger partial charge in [-0.05, 0) is 35.7 Å². The van der Waals surface area contributed by atoms with Crippen LogP contribution in [0.3, 0.4) is 0 Å². The molecule has 0 amide bonds. The first-order valence-corrected chi connectivity index (χ1v) is 6.19. The van der Waals surface area contributed by atoms with Crippen LogP contribution in [-0.2, 0) is 6.42 Å². The summed E-state index contributed by atoms with van der Waals surface area (Å²) in [6, 6.07) is 12.9. The zero-order valence-electron chi connectivity index (χ0n) is 10.0. The number of hydrogen-bond donors (Lipinski definition) is 1. The summed E-state index contributed by atoms with van der Waals surface area (Å²) < 4.78 is 0. The van der Waals surface area contributed by atoms with Crippen molar-refractivity contribution in [2.45, 2.75) is 19.8 Å². The molecule has 2 aromatic rings. The molecule has 0 atom stereocenters. The number of fused-ring (bicyclic) bond motifs is 3. The Morgan fingerprint density at radius 2 is 2.00 bits per heavy atom. The summed E-state index contributed by atoms with van der Waals surface area (Å²) in [7, 11) is 0. The Morgan fingerprint density at radius 3 is 2.88 bits per heavy atom. The maximum Gasteiger partial charge on any atom is 0.101 e. The van der Waals surface area contributed by atoms with Crippen molar-refractivity contribution >= 4 is 22.3 Å². The molecule has 0 unspecified atom stereocenters. The van der Waals surface area contributed by atoms with Crippen molar-refractivity contribution in [3.05, 3.63) is 42.0 Å². The zero-order valence-corrected chi connectivity index (χ0v) is 10.0. The Bertz CT molecular complexity index is 584. The van der Waals surface area contributed by atoms with Crippen molar-refractivity contribution in [1.29, 1.82) is 0 Å². The SMILES string of the molecule is CCN=C1CCc2c(ccc3ccccc23)N1. The lowest BCUT2D eigenvalue weighted by molar-refractivity contribution is 0.995. The van der Waals surface area contributed by atoms with Gasteiger partial charge in [-0.15, -0.1) is 0 Å². The third-order valence-electron chi connectivity index (χ3n) is 3.28. The first-order chi connectivity index (χ1) is 8.38. The van der Waals surface area contributed by atoms with E-state index in [1.165, 1.54) is 22.0 Å². The Balaban J connectivity index is 2.11. The summed E-state index contributed by atoms with van der Waals surface area (Å²) in [6.07, 6.45) is 2.11. The zero-order chi connectivity index (χ0) is 11.7. The topological polar surface area (TPSA) is 24.4 Å². The van der Waals surface area contributed by atoms with Crippen LogP contribution >= 0.6 is 0 Å². The van der Waals surface area contributed by atoms with E-state index in [0.717, 1.165) is 25.2 Å². The summed E-state index contributed by atoms with van der Waals surface area (Å²) >= 11 is 0. The minimum absolute atomic E-state index is 0.852. The summed E-state index contributed by atoms with van der Waals surface area (Å²) in [6.45, 7) is 2.93. The molecule has 2 aromatic carbocycles. The first-order valence-electron chi connectivity index (χ1n) is 6.19. The Hall–Kier alpha value is -1.83. The highest BCUT2D eigenvalue weighted by molar-refractivity contribution is 6.02. The van der Waals surface area contributed by atoms with E-state index in [1.807, 2.05) is 0 Å². The molecule has 0 saturated carbocycles. The minimum Gasteiger partial charge on any atom is -0.344 e. The van der Waals surface area contributed by atoms with Crippen LogP contribution in [-0.4, -0.2) is 12.4 Å². The standard InChI is InChI=1S/C15H16N2/c1-2-16-15-10-8-13-12-6-4-3-5-11(12)7-9-14(13)17-15/h3-7,9H,2,8,10H2,1H3,(H,16,17). The molecule has 0 radical (unpaired) electrons. The van der Waals surface area contributed by atoms with Crippen LogP contribution in [0.25, 0.3) is 10.8 Å². The molecule has 1 aliphatic rings. The molecule has 0 saturated heterocycles. The Labute approximate surface area is 101 Å². The number of aliphatic imine (C=N–C) groups is 1. The van der Waals surface area contributed by atoms with Crippen molar-refractivity contribution in [1.82, 2.24) is 0 Å². The van der Waals surface area contributed by atoms with Gasteiger partial charge >= 0.3 is 0 Å². The maximum atomic E-state index is 4.47. The molecule has 2 nitrogen and oxygen atoms in total. The van der Waals surface area contributed by atoms with Crippen molar-refractivity contribution in [3.8, 4) is 0 Å². The van der Waals surface area contributed by atoms with E-state index in [2.05, 4.69) is 53.6 Å². The summed E-state index contributed by atoms with van der Waals surface area (Å²) in [5, 5.41) is 6.13. The number of nitrogens with one attached hydrogen (secondary N) is 1. The average molecular weight is 224 g/mol. The van der Waals surface area contributed by atoms with E-state index in [0.29, 0.717) is 0 Å². The highest BCUT2D eigenvalue weighted by Gasteiger charge is 2.15. The predicted molar refractivity (Wildman–Crippen MR) is 73.9 cm³/mol. The van der Waals surface area contributed by atoms with Crippen molar-refractivity contribution < 1.29 is 0 Å². The third-order valence-corrected chi connectivity index (χ3v) is 3.28. The van der Waals surface area contributed by atoms with Gasteiger partial charge in [-0.1, -0.05) is 30.3 Å². The first kappa shape index (κ1) is 10.3. The van der Waals surface area contributed by atoms with Crippen LogP contribution in [0.2, 0.25) is 0 Å². The molecule has 0 fully saturated rings.